The van der Waals surface area contributed by atoms with Crippen molar-refractivity contribution < 1.29 is 4.74 Å². The normalized spacial score (nSPS) is 15.8. The molecule has 1 saturated carbocycles. The molecule has 2 aromatic heterocycles. The second-order valence-electron chi connectivity index (χ2n) is 6.02. The first-order chi connectivity index (χ1) is 10.6. The van der Waals surface area contributed by atoms with Crippen LogP contribution in [0.5, 0.6) is 0 Å². The quantitative estimate of drug-likeness (QED) is 0.888. The first-order valence-corrected chi connectivity index (χ1v) is 8.10. The molecule has 3 rings (SSSR count). The van der Waals surface area contributed by atoms with E-state index in [0.717, 1.165) is 28.1 Å². The van der Waals surface area contributed by atoms with Crippen molar-refractivity contribution in [1.82, 2.24) is 14.6 Å². The first-order valence-electron chi connectivity index (χ1n) is 8.10. The largest absolute Gasteiger partial charge is 0.382 e. The van der Waals surface area contributed by atoms with E-state index in [9.17, 15) is 0 Å². The summed E-state index contributed by atoms with van der Waals surface area (Å²) in [4.78, 5) is 9.08. The van der Waals surface area contributed by atoms with E-state index in [1.807, 2.05) is 13.8 Å². The number of hydrogen-bond acceptors (Lipinski definition) is 5. The summed E-state index contributed by atoms with van der Waals surface area (Å²) in [6.07, 6.45) is 4.97. The Morgan fingerprint density at radius 1 is 1.27 bits per heavy atom. The van der Waals surface area contributed by atoms with Gasteiger partial charge in [-0.1, -0.05) is 12.8 Å². The third-order valence-electron chi connectivity index (χ3n) is 4.48. The molecule has 1 aliphatic rings. The number of fused-ring (bicyclic) bond motifs is 1. The Kier molecular flexibility index (Phi) is 4.20. The van der Waals surface area contributed by atoms with Gasteiger partial charge < -0.3 is 15.9 Å². The molecule has 0 saturated heterocycles. The van der Waals surface area contributed by atoms with Crippen LogP contribution in [-0.4, -0.2) is 27.3 Å². The standard InChI is InChI=1S/C16H25N5O/c1-4-22-9-13-19-14-15(10(2)11(3)18-16(14)17)21(13)20-12-7-5-6-8-12/h12,20H,4-9H2,1-3H3,(H2,17,18). The Morgan fingerprint density at radius 2 is 2.00 bits per heavy atom. The minimum atomic E-state index is 0.475. The SMILES string of the molecule is CCOCc1nc2c(N)nc(C)c(C)c2n1NC1CCCC1. The predicted molar refractivity (Wildman–Crippen MR) is 88.4 cm³/mol. The Morgan fingerprint density at radius 3 is 2.68 bits per heavy atom. The topological polar surface area (TPSA) is 78.0 Å². The fourth-order valence-electron chi connectivity index (χ4n) is 3.15. The van der Waals surface area contributed by atoms with E-state index in [-0.39, 0.29) is 0 Å². The number of rotatable bonds is 5. The number of nitrogen functional groups attached to an aromatic ring is 1. The number of aromatic nitrogens is 3. The van der Waals surface area contributed by atoms with E-state index in [1.165, 1.54) is 25.7 Å². The summed E-state index contributed by atoms with van der Waals surface area (Å²) in [5.74, 6) is 1.36. The van der Waals surface area contributed by atoms with Crippen LogP contribution < -0.4 is 11.2 Å². The van der Waals surface area contributed by atoms with Gasteiger partial charge in [-0.2, -0.15) is 0 Å². The van der Waals surface area contributed by atoms with Crippen molar-refractivity contribution in [3.63, 3.8) is 0 Å². The Bertz CT molecular complexity index is 673. The zero-order valence-corrected chi connectivity index (χ0v) is 13.6. The van der Waals surface area contributed by atoms with Crippen molar-refractivity contribution in [2.75, 3.05) is 17.8 Å². The van der Waals surface area contributed by atoms with Gasteiger partial charge in [0.25, 0.3) is 0 Å². The maximum atomic E-state index is 6.09. The molecule has 0 amide bonds. The molecule has 2 aromatic rings. The van der Waals surface area contributed by atoms with E-state index in [0.29, 0.717) is 25.1 Å². The Labute approximate surface area is 131 Å². The smallest absolute Gasteiger partial charge is 0.154 e. The Balaban J connectivity index is 2.10. The molecule has 22 heavy (non-hydrogen) atoms. The van der Waals surface area contributed by atoms with E-state index in [1.54, 1.807) is 0 Å². The average molecular weight is 303 g/mol. The van der Waals surface area contributed by atoms with Gasteiger partial charge in [0.15, 0.2) is 11.6 Å². The van der Waals surface area contributed by atoms with Crippen molar-refractivity contribution >= 4 is 16.9 Å². The van der Waals surface area contributed by atoms with Gasteiger partial charge in [-0.3, -0.25) is 0 Å². The number of imidazole rings is 1. The maximum Gasteiger partial charge on any atom is 0.154 e. The van der Waals surface area contributed by atoms with Crippen LogP contribution in [0.15, 0.2) is 0 Å². The van der Waals surface area contributed by atoms with Crippen molar-refractivity contribution in [3.8, 4) is 0 Å². The summed E-state index contributed by atoms with van der Waals surface area (Å²) in [5, 5.41) is 0. The number of aryl methyl sites for hydroxylation is 2. The van der Waals surface area contributed by atoms with Crippen LogP contribution in [-0.2, 0) is 11.3 Å². The van der Waals surface area contributed by atoms with Crippen LogP contribution in [0.2, 0.25) is 0 Å². The number of anilines is 1. The molecule has 1 fully saturated rings. The summed E-state index contributed by atoms with van der Waals surface area (Å²) in [6, 6.07) is 0.492. The van der Waals surface area contributed by atoms with E-state index < -0.39 is 0 Å². The van der Waals surface area contributed by atoms with E-state index >= 15 is 0 Å². The van der Waals surface area contributed by atoms with Crippen LogP contribution in [0.4, 0.5) is 5.82 Å². The fraction of sp³-hybridized carbons (Fsp3) is 0.625. The number of pyridine rings is 1. The monoisotopic (exact) mass is 303 g/mol. The van der Waals surface area contributed by atoms with Crippen molar-refractivity contribution in [2.24, 2.45) is 0 Å². The summed E-state index contributed by atoms with van der Waals surface area (Å²) in [7, 11) is 0. The van der Waals surface area contributed by atoms with Crippen molar-refractivity contribution in [3.05, 3.63) is 17.1 Å². The van der Waals surface area contributed by atoms with Crippen LogP contribution >= 0.6 is 0 Å². The van der Waals surface area contributed by atoms with E-state index in [4.69, 9.17) is 10.5 Å². The molecule has 120 valence electrons. The summed E-state index contributed by atoms with van der Waals surface area (Å²) in [6.45, 7) is 7.19. The molecule has 0 bridgehead atoms. The second-order valence-corrected chi connectivity index (χ2v) is 6.02. The van der Waals surface area contributed by atoms with Gasteiger partial charge in [-0.25, -0.2) is 14.6 Å². The highest BCUT2D eigenvalue weighted by atomic mass is 16.5. The number of nitrogens with two attached hydrogens (primary N) is 1. The molecule has 3 N–H and O–H groups in total. The highest BCUT2D eigenvalue weighted by molar-refractivity contribution is 5.88. The van der Waals surface area contributed by atoms with Crippen LogP contribution in [0.3, 0.4) is 0 Å². The molecule has 6 heteroatoms. The molecule has 0 aromatic carbocycles. The predicted octanol–water partition coefficient (Wildman–Crippen LogP) is 2.65. The third kappa shape index (κ3) is 2.63. The molecule has 6 nitrogen and oxygen atoms in total. The zero-order chi connectivity index (χ0) is 15.7. The first kappa shape index (κ1) is 15.1. The van der Waals surface area contributed by atoms with Gasteiger partial charge >= 0.3 is 0 Å². The summed E-state index contributed by atoms with van der Waals surface area (Å²) >= 11 is 0. The molecule has 0 spiro atoms. The lowest BCUT2D eigenvalue weighted by atomic mass is 10.2. The zero-order valence-electron chi connectivity index (χ0n) is 13.6. The molecule has 0 atom stereocenters. The molecule has 0 aliphatic heterocycles. The highest BCUT2D eigenvalue weighted by Crippen LogP contribution is 2.27. The third-order valence-corrected chi connectivity index (χ3v) is 4.48. The molecule has 2 heterocycles. The van der Waals surface area contributed by atoms with Gasteiger partial charge in [0, 0.05) is 18.3 Å². The molecule has 0 unspecified atom stereocenters. The summed E-state index contributed by atoms with van der Waals surface area (Å²) < 4.78 is 7.66. The molecule has 1 aliphatic carbocycles. The number of hydrogen-bond donors (Lipinski definition) is 2. The van der Waals surface area contributed by atoms with Crippen molar-refractivity contribution in [2.45, 2.75) is 59.1 Å². The van der Waals surface area contributed by atoms with Crippen LogP contribution in [0.1, 0.15) is 49.7 Å². The number of ether oxygens (including phenoxy) is 1. The molecular weight excluding hydrogens is 278 g/mol. The molecular formula is C16H25N5O. The van der Waals surface area contributed by atoms with Gasteiger partial charge in [0.2, 0.25) is 0 Å². The lowest BCUT2D eigenvalue weighted by Crippen LogP contribution is -2.27. The lowest BCUT2D eigenvalue weighted by Gasteiger charge is -2.18. The van der Waals surface area contributed by atoms with Gasteiger partial charge in [0.1, 0.15) is 12.1 Å². The van der Waals surface area contributed by atoms with Gasteiger partial charge in [-0.05, 0) is 39.2 Å². The van der Waals surface area contributed by atoms with Gasteiger partial charge in [0.05, 0.1) is 5.52 Å². The number of nitrogens with zero attached hydrogens (tertiary/aromatic N) is 3. The maximum absolute atomic E-state index is 6.09. The number of nitrogens with one attached hydrogen (secondary N) is 1. The average Bonchev–Trinajstić information content (AvgIpc) is 3.12. The van der Waals surface area contributed by atoms with Gasteiger partial charge in [-0.15, -0.1) is 0 Å². The van der Waals surface area contributed by atoms with Crippen molar-refractivity contribution in [1.29, 1.82) is 0 Å². The highest BCUT2D eigenvalue weighted by Gasteiger charge is 2.21. The van der Waals surface area contributed by atoms with Crippen LogP contribution in [0, 0.1) is 13.8 Å². The minimum absolute atomic E-state index is 0.475. The second kappa shape index (κ2) is 6.12. The Hall–Kier alpha value is -1.82. The fourth-order valence-corrected chi connectivity index (χ4v) is 3.15. The van der Waals surface area contributed by atoms with Crippen LogP contribution in [0.25, 0.3) is 11.0 Å². The van der Waals surface area contributed by atoms with E-state index in [2.05, 4.69) is 27.0 Å². The summed E-state index contributed by atoms with van der Waals surface area (Å²) in [5.41, 5.74) is 13.6. The minimum Gasteiger partial charge on any atom is -0.382 e. The molecule has 0 radical (unpaired) electrons. The lowest BCUT2D eigenvalue weighted by molar-refractivity contribution is 0.126.